The lowest BCUT2D eigenvalue weighted by atomic mass is 10.0. The van der Waals surface area contributed by atoms with Gasteiger partial charge in [0, 0.05) is 25.7 Å². The summed E-state index contributed by atoms with van der Waals surface area (Å²) < 4.78 is 23.8. The van der Waals surface area contributed by atoms with Gasteiger partial charge in [-0.1, -0.05) is 42.0 Å². The molecule has 1 heterocycles. The molecule has 7 heteroatoms. The van der Waals surface area contributed by atoms with Gasteiger partial charge in [-0.2, -0.15) is 0 Å². The minimum Gasteiger partial charge on any atom is -0.336 e. The first-order valence-electron chi connectivity index (χ1n) is 8.92. The molecule has 3 rings (SSSR count). The number of sulfonamides is 1. The van der Waals surface area contributed by atoms with E-state index in [-0.39, 0.29) is 22.4 Å². The zero-order valence-corrected chi connectivity index (χ0v) is 16.4. The van der Waals surface area contributed by atoms with E-state index in [1.165, 1.54) is 11.6 Å². The van der Waals surface area contributed by atoms with Gasteiger partial charge in [-0.3, -0.25) is 9.69 Å². The van der Waals surface area contributed by atoms with E-state index in [9.17, 15) is 13.2 Å². The van der Waals surface area contributed by atoms with Crippen molar-refractivity contribution in [3.05, 3.63) is 65.2 Å². The van der Waals surface area contributed by atoms with Crippen molar-refractivity contribution in [3.8, 4) is 0 Å². The minimum atomic E-state index is -3.96. The van der Waals surface area contributed by atoms with Crippen LogP contribution in [0.3, 0.4) is 0 Å². The van der Waals surface area contributed by atoms with Crippen molar-refractivity contribution in [2.24, 2.45) is 5.14 Å². The summed E-state index contributed by atoms with van der Waals surface area (Å²) in [4.78, 5) is 17.0. The number of carbonyl (C=O) groups is 1. The third-order valence-corrected chi connectivity index (χ3v) is 6.02. The van der Waals surface area contributed by atoms with E-state index in [0.717, 1.165) is 18.5 Å². The van der Waals surface area contributed by atoms with E-state index in [0.29, 0.717) is 13.1 Å². The van der Waals surface area contributed by atoms with E-state index >= 15 is 0 Å². The molecular formula is C20H25N3O3S. The van der Waals surface area contributed by atoms with Gasteiger partial charge in [0.1, 0.15) is 0 Å². The Hall–Kier alpha value is -2.22. The van der Waals surface area contributed by atoms with Crippen LogP contribution in [0.15, 0.2) is 53.4 Å². The predicted molar refractivity (Wildman–Crippen MR) is 105 cm³/mol. The molecule has 0 aliphatic carbocycles. The van der Waals surface area contributed by atoms with Crippen molar-refractivity contribution in [2.45, 2.75) is 24.3 Å². The van der Waals surface area contributed by atoms with Gasteiger partial charge in [0.25, 0.3) is 5.91 Å². The van der Waals surface area contributed by atoms with Crippen molar-refractivity contribution >= 4 is 15.9 Å². The number of nitrogens with two attached hydrogens (primary N) is 1. The van der Waals surface area contributed by atoms with Crippen molar-refractivity contribution in [2.75, 3.05) is 26.7 Å². The van der Waals surface area contributed by atoms with Gasteiger partial charge in [-0.15, -0.1) is 0 Å². The van der Waals surface area contributed by atoms with E-state index in [1.807, 2.05) is 25.1 Å². The molecule has 0 radical (unpaired) electrons. The van der Waals surface area contributed by atoms with Crippen LogP contribution in [-0.2, 0) is 16.4 Å². The molecule has 1 aliphatic rings. The van der Waals surface area contributed by atoms with Gasteiger partial charge in [0.05, 0.1) is 10.5 Å². The predicted octanol–water partition coefficient (Wildman–Crippen LogP) is 1.64. The first-order chi connectivity index (χ1) is 12.8. The largest absolute Gasteiger partial charge is 0.336 e. The summed E-state index contributed by atoms with van der Waals surface area (Å²) in [6.45, 7) is 3.66. The van der Waals surface area contributed by atoms with Gasteiger partial charge < -0.3 is 4.90 Å². The molecule has 0 spiro atoms. The molecule has 6 nitrogen and oxygen atoms in total. The highest BCUT2D eigenvalue weighted by Crippen LogP contribution is 2.21. The Balaban J connectivity index is 1.84. The maximum absolute atomic E-state index is 13.1. The first-order valence-corrected chi connectivity index (χ1v) is 10.5. The molecule has 1 fully saturated rings. The van der Waals surface area contributed by atoms with Crippen LogP contribution in [-0.4, -0.2) is 56.8 Å². The molecule has 0 aromatic heterocycles. The molecule has 1 aliphatic heterocycles. The van der Waals surface area contributed by atoms with Gasteiger partial charge in [0.15, 0.2) is 0 Å². The van der Waals surface area contributed by atoms with E-state index < -0.39 is 10.0 Å². The molecule has 2 N–H and O–H groups in total. The van der Waals surface area contributed by atoms with Gasteiger partial charge in [-0.05, 0) is 38.1 Å². The summed E-state index contributed by atoms with van der Waals surface area (Å²) in [7, 11) is -1.91. The van der Waals surface area contributed by atoms with Crippen LogP contribution in [0, 0.1) is 6.92 Å². The van der Waals surface area contributed by atoms with Gasteiger partial charge in [0.2, 0.25) is 10.0 Å². The summed E-state index contributed by atoms with van der Waals surface area (Å²) in [6.07, 6.45) is 0.830. The Morgan fingerprint density at radius 2 is 1.85 bits per heavy atom. The monoisotopic (exact) mass is 387 g/mol. The molecule has 1 amide bonds. The lowest BCUT2D eigenvalue weighted by Crippen LogP contribution is -2.54. The van der Waals surface area contributed by atoms with E-state index in [1.54, 1.807) is 17.0 Å². The molecular weight excluding hydrogens is 362 g/mol. The number of hydrogen-bond donors (Lipinski definition) is 1. The van der Waals surface area contributed by atoms with Crippen molar-refractivity contribution in [1.29, 1.82) is 0 Å². The molecule has 1 saturated heterocycles. The lowest BCUT2D eigenvalue weighted by molar-refractivity contribution is 0.0544. The molecule has 1 unspecified atom stereocenters. The van der Waals surface area contributed by atoms with Crippen LogP contribution in [0.2, 0.25) is 0 Å². The van der Waals surface area contributed by atoms with Crippen molar-refractivity contribution in [3.63, 3.8) is 0 Å². The van der Waals surface area contributed by atoms with Crippen LogP contribution in [0.1, 0.15) is 21.5 Å². The second-order valence-electron chi connectivity index (χ2n) is 7.12. The Morgan fingerprint density at radius 3 is 2.52 bits per heavy atom. The SMILES string of the molecule is Cc1ccc(S(N)(=O)=O)c(C(=O)N2CCN(C)C(Cc3ccccc3)C2)c1. The van der Waals surface area contributed by atoms with E-state index in [4.69, 9.17) is 5.14 Å². The fraction of sp³-hybridized carbons (Fsp3) is 0.350. The third kappa shape index (κ3) is 4.55. The molecule has 0 bridgehead atoms. The van der Waals surface area contributed by atoms with E-state index in [2.05, 4.69) is 24.1 Å². The zero-order valence-electron chi connectivity index (χ0n) is 15.6. The average Bonchev–Trinajstić information content (AvgIpc) is 2.63. The molecule has 27 heavy (non-hydrogen) atoms. The third-order valence-electron chi connectivity index (χ3n) is 5.05. The number of benzene rings is 2. The Morgan fingerprint density at radius 1 is 1.15 bits per heavy atom. The number of rotatable bonds is 4. The lowest BCUT2D eigenvalue weighted by Gasteiger charge is -2.39. The second-order valence-corrected chi connectivity index (χ2v) is 8.65. The summed E-state index contributed by atoms with van der Waals surface area (Å²) >= 11 is 0. The summed E-state index contributed by atoms with van der Waals surface area (Å²) in [5, 5.41) is 5.32. The number of primary sulfonamides is 1. The van der Waals surface area contributed by atoms with Crippen LogP contribution in [0.25, 0.3) is 0 Å². The zero-order chi connectivity index (χ0) is 19.6. The topological polar surface area (TPSA) is 83.7 Å². The van der Waals surface area contributed by atoms with Gasteiger partial charge in [-0.25, -0.2) is 13.6 Å². The second kappa shape index (κ2) is 7.80. The van der Waals surface area contributed by atoms with Crippen LogP contribution in [0.5, 0.6) is 0 Å². The number of nitrogens with zero attached hydrogens (tertiary/aromatic N) is 2. The van der Waals surface area contributed by atoms with Crippen LogP contribution < -0.4 is 5.14 Å². The minimum absolute atomic E-state index is 0.114. The molecule has 2 aromatic rings. The standard InChI is InChI=1S/C20H25N3O3S/c1-15-8-9-19(27(21,25)26)18(12-15)20(24)23-11-10-22(2)17(14-23)13-16-6-4-3-5-7-16/h3-9,12,17H,10-11,13-14H2,1-2H3,(H2,21,25,26). The number of piperazine rings is 1. The number of amides is 1. The highest BCUT2D eigenvalue weighted by atomic mass is 32.2. The summed E-state index contributed by atoms with van der Waals surface area (Å²) in [6, 6.07) is 15.0. The van der Waals surface area contributed by atoms with Crippen LogP contribution in [0.4, 0.5) is 0 Å². The maximum atomic E-state index is 13.1. The summed E-state index contributed by atoms with van der Waals surface area (Å²) in [5.74, 6) is -0.283. The normalized spacial score (nSPS) is 18.5. The number of hydrogen-bond acceptors (Lipinski definition) is 4. The van der Waals surface area contributed by atoms with Crippen LogP contribution >= 0.6 is 0 Å². The van der Waals surface area contributed by atoms with Crippen molar-refractivity contribution in [1.82, 2.24) is 9.80 Å². The Bertz CT molecular complexity index is 929. The number of likely N-dealkylation sites (N-methyl/N-ethyl adjacent to an activating group) is 1. The Labute approximate surface area is 160 Å². The quantitative estimate of drug-likeness (QED) is 0.864. The Kier molecular flexibility index (Phi) is 5.64. The molecule has 144 valence electrons. The fourth-order valence-corrected chi connectivity index (χ4v) is 4.18. The fourth-order valence-electron chi connectivity index (χ4n) is 3.47. The summed E-state index contributed by atoms with van der Waals surface area (Å²) in [5.41, 5.74) is 2.19. The highest BCUT2D eigenvalue weighted by Gasteiger charge is 2.30. The molecule has 1 atom stereocenters. The average molecular weight is 388 g/mol. The van der Waals surface area contributed by atoms with Crippen molar-refractivity contribution < 1.29 is 13.2 Å². The smallest absolute Gasteiger partial charge is 0.255 e. The van der Waals surface area contributed by atoms with Gasteiger partial charge >= 0.3 is 0 Å². The number of carbonyl (C=O) groups excluding carboxylic acids is 1. The highest BCUT2D eigenvalue weighted by molar-refractivity contribution is 7.89. The number of aryl methyl sites for hydroxylation is 1. The first kappa shape index (κ1) is 19.5. The molecule has 0 saturated carbocycles. The maximum Gasteiger partial charge on any atom is 0.255 e. The molecule has 2 aromatic carbocycles.